The molecule has 1 atom stereocenters. The van der Waals surface area contributed by atoms with E-state index in [4.69, 9.17) is 0 Å². The van der Waals surface area contributed by atoms with Crippen LogP contribution in [0.15, 0.2) is 24.3 Å². The predicted octanol–water partition coefficient (Wildman–Crippen LogP) is 3.19. The lowest BCUT2D eigenvalue weighted by atomic mass is 9.88. The van der Waals surface area contributed by atoms with Gasteiger partial charge >= 0.3 is 6.03 Å². The summed E-state index contributed by atoms with van der Waals surface area (Å²) < 4.78 is 0. The van der Waals surface area contributed by atoms with Crippen molar-refractivity contribution in [2.45, 2.75) is 63.5 Å². The highest BCUT2D eigenvalue weighted by Gasteiger charge is 2.28. The summed E-state index contributed by atoms with van der Waals surface area (Å²) in [5.41, 5.74) is 2.70. The van der Waals surface area contributed by atoms with Crippen LogP contribution in [0, 0.1) is 6.92 Å². The normalized spacial score (nSPS) is 28.4. The minimum absolute atomic E-state index is 0.0738. The van der Waals surface area contributed by atoms with E-state index in [9.17, 15) is 9.90 Å². The van der Waals surface area contributed by atoms with Gasteiger partial charge in [-0.25, -0.2) is 4.79 Å². The lowest BCUT2D eigenvalue weighted by Gasteiger charge is -2.35. The quantitative estimate of drug-likeness (QED) is 0.880. The molecule has 0 bridgehead atoms. The van der Waals surface area contributed by atoms with Gasteiger partial charge in [-0.1, -0.05) is 24.3 Å². The van der Waals surface area contributed by atoms with E-state index in [0.717, 1.165) is 51.6 Å². The Hall–Kier alpha value is -1.55. The van der Waals surface area contributed by atoms with E-state index in [-0.39, 0.29) is 18.2 Å². The first-order valence-electron chi connectivity index (χ1n) is 8.92. The highest BCUT2D eigenvalue weighted by atomic mass is 16.3. The van der Waals surface area contributed by atoms with Crippen molar-refractivity contribution in [2.75, 3.05) is 13.1 Å². The van der Waals surface area contributed by atoms with Gasteiger partial charge < -0.3 is 15.3 Å². The van der Waals surface area contributed by atoms with E-state index >= 15 is 0 Å². The Morgan fingerprint density at radius 2 is 1.91 bits per heavy atom. The van der Waals surface area contributed by atoms with E-state index in [1.165, 1.54) is 11.1 Å². The molecule has 0 aromatic heterocycles. The number of nitrogens with zero attached hydrogens (tertiary/aromatic N) is 1. The first-order valence-corrected chi connectivity index (χ1v) is 8.92. The smallest absolute Gasteiger partial charge is 0.317 e. The molecule has 2 aliphatic rings. The van der Waals surface area contributed by atoms with Gasteiger partial charge in [-0.05, 0) is 56.6 Å². The van der Waals surface area contributed by atoms with Crippen molar-refractivity contribution >= 4 is 6.03 Å². The zero-order valence-corrected chi connectivity index (χ0v) is 14.0. The molecule has 1 saturated heterocycles. The second-order valence-electron chi connectivity index (χ2n) is 7.10. The van der Waals surface area contributed by atoms with Crippen LogP contribution in [-0.2, 0) is 0 Å². The van der Waals surface area contributed by atoms with Crippen molar-refractivity contribution in [1.82, 2.24) is 10.2 Å². The van der Waals surface area contributed by atoms with Gasteiger partial charge in [0.1, 0.15) is 0 Å². The summed E-state index contributed by atoms with van der Waals surface area (Å²) in [5.74, 6) is 0.448. The monoisotopic (exact) mass is 316 g/mol. The van der Waals surface area contributed by atoms with E-state index in [0.29, 0.717) is 5.92 Å². The van der Waals surface area contributed by atoms with Crippen LogP contribution >= 0.6 is 0 Å². The van der Waals surface area contributed by atoms with Gasteiger partial charge in [-0.2, -0.15) is 0 Å². The topological polar surface area (TPSA) is 52.6 Å². The molecule has 0 unspecified atom stereocenters. The Morgan fingerprint density at radius 1 is 1.17 bits per heavy atom. The number of carbonyl (C=O) groups excluding carboxylic acids is 1. The fourth-order valence-electron chi connectivity index (χ4n) is 3.95. The third kappa shape index (κ3) is 4.05. The molecule has 2 amide bonds. The largest absolute Gasteiger partial charge is 0.393 e. The number of amides is 2. The zero-order chi connectivity index (χ0) is 16.2. The van der Waals surface area contributed by atoms with Crippen LogP contribution in [0.3, 0.4) is 0 Å². The molecule has 4 heteroatoms. The van der Waals surface area contributed by atoms with E-state index in [2.05, 4.69) is 36.5 Å². The van der Waals surface area contributed by atoms with Crippen molar-refractivity contribution in [3.05, 3.63) is 35.4 Å². The van der Waals surface area contributed by atoms with Crippen LogP contribution in [0.25, 0.3) is 0 Å². The van der Waals surface area contributed by atoms with Gasteiger partial charge in [0.2, 0.25) is 0 Å². The van der Waals surface area contributed by atoms with Crippen molar-refractivity contribution in [1.29, 1.82) is 0 Å². The summed E-state index contributed by atoms with van der Waals surface area (Å²) >= 11 is 0. The molecule has 2 fully saturated rings. The minimum Gasteiger partial charge on any atom is -0.393 e. The number of urea groups is 1. The van der Waals surface area contributed by atoms with Gasteiger partial charge in [0.25, 0.3) is 0 Å². The Morgan fingerprint density at radius 3 is 2.65 bits per heavy atom. The van der Waals surface area contributed by atoms with Gasteiger partial charge in [0.15, 0.2) is 0 Å². The molecule has 126 valence electrons. The van der Waals surface area contributed by atoms with Crippen LogP contribution in [0.2, 0.25) is 0 Å². The molecule has 1 heterocycles. The second-order valence-corrected chi connectivity index (χ2v) is 7.10. The van der Waals surface area contributed by atoms with Crippen molar-refractivity contribution in [2.24, 2.45) is 0 Å². The minimum atomic E-state index is -0.177. The maximum atomic E-state index is 12.6. The van der Waals surface area contributed by atoms with Crippen LogP contribution in [0.5, 0.6) is 0 Å². The number of hydrogen-bond donors (Lipinski definition) is 2. The molecular weight excluding hydrogens is 288 g/mol. The van der Waals surface area contributed by atoms with Crippen molar-refractivity contribution < 1.29 is 9.90 Å². The Bertz CT molecular complexity index is 538. The Labute approximate surface area is 138 Å². The highest BCUT2D eigenvalue weighted by molar-refractivity contribution is 5.74. The molecular formula is C19H28N2O2. The number of rotatable bonds is 2. The fourth-order valence-corrected chi connectivity index (χ4v) is 3.95. The molecule has 23 heavy (non-hydrogen) atoms. The lowest BCUT2D eigenvalue weighted by molar-refractivity contribution is 0.114. The number of carbonyl (C=O) groups is 1. The van der Waals surface area contributed by atoms with Gasteiger partial charge in [0, 0.05) is 25.0 Å². The SMILES string of the molecule is Cc1ccccc1[C@H]1CCCN(C(=O)NC2CCC(O)CC2)C1. The molecule has 0 spiro atoms. The molecule has 1 aliphatic heterocycles. The fraction of sp³-hybridized carbons (Fsp3) is 0.632. The lowest BCUT2D eigenvalue weighted by Crippen LogP contribution is -2.49. The van der Waals surface area contributed by atoms with Crippen LogP contribution in [0.4, 0.5) is 4.79 Å². The number of hydrogen-bond acceptors (Lipinski definition) is 2. The molecule has 2 N–H and O–H groups in total. The van der Waals surface area contributed by atoms with Crippen LogP contribution in [-0.4, -0.2) is 41.3 Å². The van der Waals surface area contributed by atoms with Crippen LogP contribution in [0.1, 0.15) is 55.6 Å². The van der Waals surface area contributed by atoms with E-state index in [1.54, 1.807) is 0 Å². The number of aliphatic hydroxyl groups excluding tert-OH is 1. The van der Waals surface area contributed by atoms with Gasteiger partial charge in [0.05, 0.1) is 6.10 Å². The first-order chi connectivity index (χ1) is 11.1. The van der Waals surface area contributed by atoms with Crippen LogP contribution < -0.4 is 5.32 Å². The number of piperidine rings is 1. The van der Waals surface area contributed by atoms with Gasteiger partial charge in [-0.3, -0.25) is 0 Å². The van der Waals surface area contributed by atoms with E-state index in [1.807, 2.05) is 4.90 Å². The summed E-state index contributed by atoms with van der Waals surface area (Å²) in [6, 6.07) is 8.82. The molecule has 1 aromatic rings. The van der Waals surface area contributed by atoms with E-state index < -0.39 is 0 Å². The Kier molecular flexibility index (Phi) is 5.21. The number of aryl methyl sites for hydroxylation is 1. The second kappa shape index (κ2) is 7.35. The molecule has 4 nitrogen and oxygen atoms in total. The predicted molar refractivity (Wildman–Crippen MR) is 91.5 cm³/mol. The van der Waals surface area contributed by atoms with Crippen molar-refractivity contribution in [3.63, 3.8) is 0 Å². The van der Waals surface area contributed by atoms with Crippen molar-refractivity contribution in [3.8, 4) is 0 Å². The Balaban J connectivity index is 1.58. The molecule has 1 aliphatic carbocycles. The highest BCUT2D eigenvalue weighted by Crippen LogP contribution is 2.29. The third-order valence-corrected chi connectivity index (χ3v) is 5.36. The zero-order valence-electron chi connectivity index (χ0n) is 14.0. The summed E-state index contributed by atoms with van der Waals surface area (Å²) in [5, 5.41) is 12.7. The maximum absolute atomic E-state index is 12.6. The average molecular weight is 316 g/mol. The number of aliphatic hydroxyl groups is 1. The van der Waals surface area contributed by atoms with Gasteiger partial charge in [-0.15, -0.1) is 0 Å². The summed E-state index contributed by atoms with van der Waals surface area (Å²) in [7, 11) is 0. The summed E-state index contributed by atoms with van der Waals surface area (Å²) in [6.45, 7) is 3.82. The standard InChI is InChI=1S/C19H28N2O2/c1-14-5-2-3-7-18(14)15-6-4-12-21(13-15)19(23)20-16-8-10-17(22)11-9-16/h2-3,5,7,15-17,22H,4,6,8-13H2,1H3,(H,20,23)/t15-,16?,17?/m0/s1. The molecule has 3 rings (SSSR count). The first kappa shape index (κ1) is 16.3. The summed E-state index contributed by atoms with van der Waals surface area (Å²) in [6.07, 6.45) is 5.43. The third-order valence-electron chi connectivity index (χ3n) is 5.36. The molecule has 1 saturated carbocycles. The number of benzene rings is 1. The molecule has 1 aromatic carbocycles. The number of nitrogens with one attached hydrogen (secondary N) is 1. The maximum Gasteiger partial charge on any atom is 0.317 e. The number of likely N-dealkylation sites (tertiary alicyclic amines) is 1. The summed E-state index contributed by atoms with van der Waals surface area (Å²) in [4.78, 5) is 14.5. The average Bonchev–Trinajstić information content (AvgIpc) is 2.57. The molecule has 0 radical (unpaired) electrons.